The normalized spacial score (nSPS) is 28.3. The Labute approximate surface area is 116 Å². The molecule has 0 saturated heterocycles. The second kappa shape index (κ2) is 6.40. The first-order chi connectivity index (χ1) is 8.90. The van der Waals surface area contributed by atoms with Crippen LogP contribution in [0, 0.1) is 17.8 Å². The lowest BCUT2D eigenvalue weighted by Crippen LogP contribution is -2.75. The zero-order chi connectivity index (χ0) is 14.5. The average Bonchev–Trinajstić information content (AvgIpc) is 2.37. The maximum Gasteiger partial charge on any atom is 0.240 e. The van der Waals surface area contributed by atoms with Crippen LogP contribution in [0.15, 0.2) is 0 Å². The molecule has 1 rings (SSSR count). The molecular formula is C15H26N2O2. The summed E-state index contributed by atoms with van der Waals surface area (Å²) in [7, 11) is 0. The van der Waals surface area contributed by atoms with Gasteiger partial charge in [-0.25, -0.2) is 0 Å². The van der Waals surface area contributed by atoms with Gasteiger partial charge in [-0.15, -0.1) is 12.3 Å². The van der Waals surface area contributed by atoms with Gasteiger partial charge in [0.05, 0.1) is 6.10 Å². The van der Waals surface area contributed by atoms with Crippen molar-refractivity contribution in [3.8, 4) is 12.3 Å². The highest BCUT2D eigenvalue weighted by atomic mass is 16.5. The molecule has 0 aromatic rings. The van der Waals surface area contributed by atoms with Gasteiger partial charge in [0.25, 0.3) is 0 Å². The molecule has 1 fully saturated rings. The van der Waals surface area contributed by atoms with Gasteiger partial charge in [-0.1, -0.05) is 13.8 Å². The van der Waals surface area contributed by atoms with E-state index in [-0.39, 0.29) is 17.4 Å². The largest absolute Gasteiger partial charge is 0.378 e. The summed E-state index contributed by atoms with van der Waals surface area (Å²) in [6.45, 7) is 7.23. The topological polar surface area (TPSA) is 64.4 Å². The quantitative estimate of drug-likeness (QED) is 0.541. The van der Waals surface area contributed by atoms with E-state index in [9.17, 15) is 4.79 Å². The summed E-state index contributed by atoms with van der Waals surface area (Å²) in [6.07, 6.45) is 8.40. The Hall–Kier alpha value is -1.05. The van der Waals surface area contributed by atoms with Gasteiger partial charge >= 0.3 is 0 Å². The van der Waals surface area contributed by atoms with Crippen LogP contribution in [0.2, 0.25) is 0 Å². The summed E-state index contributed by atoms with van der Waals surface area (Å²) in [5, 5.41) is 2.91. The lowest BCUT2D eigenvalue weighted by molar-refractivity contribution is -0.170. The van der Waals surface area contributed by atoms with Gasteiger partial charge in [-0.3, -0.25) is 4.79 Å². The Morgan fingerprint density at radius 3 is 2.74 bits per heavy atom. The Kier molecular flexibility index (Phi) is 5.39. The highest BCUT2D eigenvalue weighted by Gasteiger charge is 2.62. The smallest absolute Gasteiger partial charge is 0.240 e. The van der Waals surface area contributed by atoms with Gasteiger partial charge in [0.1, 0.15) is 5.54 Å². The maximum atomic E-state index is 12.2. The van der Waals surface area contributed by atoms with Crippen LogP contribution in [-0.2, 0) is 9.53 Å². The van der Waals surface area contributed by atoms with Crippen molar-refractivity contribution in [2.75, 3.05) is 13.2 Å². The second-order valence-corrected chi connectivity index (χ2v) is 5.76. The van der Waals surface area contributed by atoms with E-state index >= 15 is 0 Å². The summed E-state index contributed by atoms with van der Waals surface area (Å²) < 4.78 is 5.61. The number of nitrogens with two attached hydrogens (primary N) is 1. The molecule has 0 heterocycles. The number of hydrogen-bond donors (Lipinski definition) is 2. The highest BCUT2D eigenvalue weighted by molar-refractivity contribution is 5.88. The van der Waals surface area contributed by atoms with Crippen molar-refractivity contribution < 1.29 is 9.53 Å². The fourth-order valence-electron chi connectivity index (χ4n) is 2.53. The second-order valence-electron chi connectivity index (χ2n) is 5.76. The van der Waals surface area contributed by atoms with Gasteiger partial charge in [0, 0.05) is 31.4 Å². The van der Waals surface area contributed by atoms with Crippen molar-refractivity contribution in [2.45, 2.75) is 58.1 Å². The third-order valence-corrected chi connectivity index (χ3v) is 4.27. The molecular weight excluding hydrogens is 240 g/mol. The van der Waals surface area contributed by atoms with Crippen LogP contribution in [0.5, 0.6) is 0 Å². The van der Waals surface area contributed by atoms with Crippen molar-refractivity contribution in [2.24, 2.45) is 11.1 Å². The van der Waals surface area contributed by atoms with E-state index in [0.29, 0.717) is 19.6 Å². The fraction of sp³-hybridized carbons (Fsp3) is 0.800. The minimum absolute atomic E-state index is 0.0645. The van der Waals surface area contributed by atoms with Crippen LogP contribution in [0.3, 0.4) is 0 Å². The average molecular weight is 266 g/mol. The molecule has 2 atom stereocenters. The molecule has 0 aliphatic heterocycles. The van der Waals surface area contributed by atoms with Crippen molar-refractivity contribution in [3.63, 3.8) is 0 Å². The minimum atomic E-state index is -0.820. The Morgan fingerprint density at radius 1 is 1.53 bits per heavy atom. The van der Waals surface area contributed by atoms with E-state index in [1.54, 1.807) is 0 Å². The molecule has 0 bridgehead atoms. The number of amides is 1. The Balaban J connectivity index is 2.42. The summed E-state index contributed by atoms with van der Waals surface area (Å²) in [4.78, 5) is 12.2. The Morgan fingerprint density at radius 2 is 2.21 bits per heavy atom. The molecule has 2 unspecified atom stereocenters. The van der Waals surface area contributed by atoms with Crippen LogP contribution < -0.4 is 11.1 Å². The van der Waals surface area contributed by atoms with Gasteiger partial charge in [0.2, 0.25) is 5.91 Å². The molecule has 1 saturated carbocycles. The van der Waals surface area contributed by atoms with Crippen LogP contribution >= 0.6 is 0 Å². The van der Waals surface area contributed by atoms with Crippen molar-refractivity contribution in [1.82, 2.24) is 5.32 Å². The molecule has 1 aliphatic carbocycles. The number of carbonyl (C=O) groups excluding carboxylic acids is 1. The third kappa shape index (κ3) is 3.10. The summed E-state index contributed by atoms with van der Waals surface area (Å²) in [5.74, 6) is 2.51. The first-order valence-corrected chi connectivity index (χ1v) is 7.02. The lowest BCUT2D eigenvalue weighted by atomic mass is 9.54. The van der Waals surface area contributed by atoms with E-state index in [4.69, 9.17) is 16.9 Å². The Bertz CT molecular complexity index is 360. The van der Waals surface area contributed by atoms with E-state index in [2.05, 4.69) is 11.2 Å². The standard InChI is InChI=1S/C15H26N2O2/c1-5-7-8-9-10-17-13(18)15(16)11-12(19-6-2)14(15,3)4/h1,12H,6-11,16H2,2-4H3,(H,17,18). The SMILES string of the molecule is C#CCCCCNC(=O)C1(N)CC(OCC)C1(C)C. The van der Waals surface area contributed by atoms with Crippen molar-refractivity contribution >= 4 is 5.91 Å². The van der Waals surface area contributed by atoms with Crippen molar-refractivity contribution in [1.29, 1.82) is 0 Å². The highest BCUT2D eigenvalue weighted by Crippen LogP contribution is 2.49. The number of unbranched alkanes of at least 4 members (excludes halogenated alkanes) is 2. The number of hydrogen-bond acceptors (Lipinski definition) is 3. The van der Waals surface area contributed by atoms with Gasteiger partial charge in [-0.05, 0) is 19.8 Å². The van der Waals surface area contributed by atoms with Crippen LogP contribution in [-0.4, -0.2) is 30.7 Å². The number of rotatable bonds is 7. The summed E-state index contributed by atoms with van der Waals surface area (Å²) >= 11 is 0. The predicted molar refractivity (Wildman–Crippen MR) is 76.4 cm³/mol. The van der Waals surface area contributed by atoms with Crippen LogP contribution in [0.1, 0.15) is 46.5 Å². The molecule has 3 N–H and O–H groups in total. The number of nitrogens with one attached hydrogen (secondary N) is 1. The molecule has 4 nitrogen and oxygen atoms in total. The van der Waals surface area contributed by atoms with E-state index < -0.39 is 5.54 Å². The summed E-state index contributed by atoms with van der Waals surface area (Å²) in [5.41, 5.74) is 5.11. The first kappa shape index (κ1) is 16.0. The molecule has 108 valence electrons. The molecule has 1 aliphatic rings. The summed E-state index contributed by atoms with van der Waals surface area (Å²) in [6, 6.07) is 0. The number of ether oxygens (including phenoxy) is 1. The third-order valence-electron chi connectivity index (χ3n) is 4.27. The number of terminal acetylenes is 1. The lowest BCUT2D eigenvalue weighted by Gasteiger charge is -2.57. The van der Waals surface area contributed by atoms with Gasteiger partial charge in [-0.2, -0.15) is 0 Å². The predicted octanol–water partition coefficient (Wildman–Crippen LogP) is 1.44. The van der Waals surface area contributed by atoms with Crippen molar-refractivity contribution in [3.05, 3.63) is 0 Å². The van der Waals surface area contributed by atoms with E-state index in [1.807, 2.05) is 20.8 Å². The molecule has 0 aromatic carbocycles. The molecule has 0 spiro atoms. The van der Waals surface area contributed by atoms with Crippen LogP contribution in [0.4, 0.5) is 0 Å². The van der Waals surface area contributed by atoms with Crippen LogP contribution in [0.25, 0.3) is 0 Å². The number of carbonyl (C=O) groups is 1. The molecule has 19 heavy (non-hydrogen) atoms. The zero-order valence-corrected chi connectivity index (χ0v) is 12.3. The zero-order valence-electron chi connectivity index (χ0n) is 12.3. The van der Waals surface area contributed by atoms with Gasteiger partial charge < -0.3 is 15.8 Å². The minimum Gasteiger partial charge on any atom is -0.378 e. The maximum absolute atomic E-state index is 12.2. The fourth-order valence-corrected chi connectivity index (χ4v) is 2.53. The first-order valence-electron chi connectivity index (χ1n) is 7.02. The van der Waals surface area contributed by atoms with E-state index in [0.717, 1.165) is 19.3 Å². The molecule has 0 aromatic heterocycles. The molecule has 0 radical (unpaired) electrons. The molecule has 1 amide bonds. The molecule has 4 heteroatoms. The van der Waals surface area contributed by atoms with Gasteiger partial charge in [0.15, 0.2) is 0 Å². The van der Waals surface area contributed by atoms with E-state index in [1.165, 1.54) is 0 Å². The monoisotopic (exact) mass is 266 g/mol.